The molecule has 22 heavy (non-hydrogen) atoms. The van der Waals surface area contributed by atoms with Crippen molar-refractivity contribution in [3.8, 4) is 11.5 Å². The number of rotatable bonds is 3. The number of hydrogen-bond donors (Lipinski definition) is 0. The number of carbonyl (C=O) groups is 1. The van der Waals surface area contributed by atoms with E-state index in [1.807, 2.05) is 6.07 Å². The van der Waals surface area contributed by atoms with Gasteiger partial charge in [0, 0.05) is 18.5 Å². The van der Waals surface area contributed by atoms with Gasteiger partial charge in [-0.2, -0.15) is 0 Å². The van der Waals surface area contributed by atoms with Crippen molar-refractivity contribution in [1.82, 2.24) is 4.90 Å². The van der Waals surface area contributed by atoms with Gasteiger partial charge in [0.15, 0.2) is 11.5 Å². The summed E-state index contributed by atoms with van der Waals surface area (Å²) in [6.07, 6.45) is 5.39. The largest absolute Gasteiger partial charge is 0.493 e. The third-order valence-corrected chi connectivity index (χ3v) is 5.08. The molecule has 1 unspecified atom stereocenters. The summed E-state index contributed by atoms with van der Waals surface area (Å²) in [4.78, 5) is 14.8. The molecule has 0 saturated heterocycles. The van der Waals surface area contributed by atoms with Crippen LogP contribution < -0.4 is 9.47 Å². The molecule has 0 bridgehead atoms. The molecule has 1 atom stereocenters. The van der Waals surface area contributed by atoms with E-state index >= 15 is 0 Å². The minimum absolute atomic E-state index is 0.240. The number of carbonyl (C=O) groups excluding carboxylic acids is 1. The minimum atomic E-state index is 0.240. The zero-order valence-corrected chi connectivity index (χ0v) is 13.7. The first-order valence-electron chi connectivity index (χ1n) is 8.18. The van der Waals surface area contributed by atoms with Gasteiger partial charge < -0.3 is 14.4 Å². The van der Waals surface area contributed by atoms with E-state index < -0.39 is 0 Å². The van der Waals surface area contributed by atoms with Gasteiger partial charge in [0.1, 0.15) is 0 Å². The summed E-state index contributed by atoms with van der Waals surface area (Å²) in [5.74, 6) is 2.09. The number of hydrogen-bond acceptors (Lipinski definition) is 3. The summed E-state index contributed by atoms with van der Waals surface area (Å²) in [7, 11) is 3.31. The molecule has 1 aliphatic heterocycles. The second kappa shape index (κ2) is 6.19. The molecule has 1 amide bonds. The zero-order valence-electron chi connectivity index (χ0n) is 13.7. The SMILES string of the molecule is COc1cc2c(cc1OC)CN(C(=O)C1CCCC1)C(C)C2. The van der Waals surface area contributed by atoms with Crippen molar-refractivity contribution in [3.05, 3.63) is 23.3 Å². The smallest absolute Gasteiger partial charge is 0.226 e. The predicted octanol–water partition coefficient (Wildman–Crippen LogP) is 3.17. The first kappa shape index (κ1) is 15.2. The minimum Gasteiger partial charge on any atom is -0.493 e. The van der Waals surface area contributed by atoms with Crippen LogP contribution in [-0.2, 0) is 17.8 Å². The number of benzene rings is 1. The molecule has 0 spiro atoms. The first-order chi connectivity index (χ1) is 10.6. The number of ether oxygens (including phenoxy) is 2. The van der Waals surface area contributed by atoms with Crippen LogP contribution in [0, 0.1) is 5.92 Å². The monoisotopic (exact) mass is 303 g/mol. The predicted molar refractivity (Wildman–Crippen MR) is 85.2 cm³/mol. The summed E-state index contributed by atoms with van der Waals surface area (Å²) in [6.45, 7) is 2.83. The van der Waals surface area contributed by atoms with Crippen molar-refractivity contribution in [2.45, 2.75) is 51.6 Å². The normalized spacial score (nSPS) is 21.6. The molecule has 1 aliphatic carbocycles. The van der Waals surface area contributed by atoms with Crippen LogP contribution >= 0.6 is 0 Å². The summed E-state index contributed by atoms with van der Waals surface area (Å²) in [5.41, 5.74) is 2.45. The van der Waals surface area contributed by atoms with Crippen LogP contribution in [0.3, 0.4) is 0 Å². The summed E-state index contributed by atoms with van der Waals surface area (Å²) < 4.78 is 10.8. The molecule has 4 heteroatoms. The molecular formula is C18H25NO3. The summed E-state index contributed by atoms with van der Waals surface area (Å²) in [6, 6.07) is 4.33. The Morgan fingerprint density at radius 2 is 1.68 bits per heavy atom. The van der Waals surface area contributed by atoms with Crippen molar-refractivity contribution in [2.24, 2.45) is 5.92 Å². The maximum atomic E-state index is 12.8. The fourth-order valence-electron chi connectivity index (χ4n) is 3.77. The Balaban J connectivity index is 1.86. The van der Waals surface area contributed by atoms with E-state index in [-0.39, 0.29) is 12.0 Å². The quantitative estimate of drug-likeness (QED) is 0.861. The molecule has 2 aliphatic rings. The summed E-state index contributed by atoms with van der Waals surface area (Å²) >= 11 is 0. The lowest BCUT2D eigenvalue weighted by atomic mass is 9.92. The van der Waals surface area contributed by atoms with E-state index in [1.165, 1.54) is 24.0 Å². The third kappa shape index (κ3) is 2.67. The average molecular weight is 303 g/mol. The highest BCUT2D eigenvalue weighted by Crippen LogP contribution is 2.36. The molecular weight excluding hydrogens is 278 g/mol. The van der Waals surface area contributed by atoms with Crippen LogP contribution in [-0.4, -0.2) is 31.1 Å². The van der Waals surface area contributed by atoms with Gasteiger partial charge in [-0.25, -0.2) is 0 Å². The highest BCUT2D eigenvalue weighted by atomic mass is 16.5. The Bertz CT molecular complexity index is 564. The van der Waals surface area contributed by atoms with Crippen molar-refractivity contribution >= 4 is 5.91 Å². The highest BCUT2D eigenvalue weighted by molar-refractivity contribution is 5.79. The topological polar surface area (TPSA) is 38.8 Å². The van der Waals surface area contributed by atoms with E-state index in [9.17, 15) is 4.79 Å². The van der Waals surface area contributed by atoms with Crippen LogP contribution in [0.25, 0.3) is 0 Å². The van der Waals surface area contributed by atoms with Crippen LogP contribution in [0.2, 0.25) is 0 Å². The average Bonchev–Trinajstić information content (AvgIpc) is 3.06. The van der Waals surface area contributed by atoms with Crippen LogP contribution in [0.5, 0.6) is 11.5 Å². The molecule has 1 aromatic rings. The van der Waals surface area contributed by atoms with Gasteiger partial charge in [0.05, 0.1) is 14.2 Å². The second-order valence-electron chi connectivity index (χ2n) is 6.48. The Hall–Kier alpha value is -1.71. The summed E-state index contributed by atoms with van der Waals surface area (Å²) in [5, 5.41) is 0. The number of nitrogens with zero attached hydrogens (tertiary/aromatic N) is 1. The van der Waals surface area contributed by atoms with E-state index in [4.69, 9.17) is 9.47 Å². The standard InChI is InChI=1S/C18H25NO3/c1-12-8-14-9-16(21-2)17(22-3)10-15(14)11-19(12)18(20)13-6-4-5-7-13/h9-10,12-13H,4-8,11H2,1-3H3. The molecule has 0 N–H and O–H groups in total. The van der Waals surface area contributed by atoms with Gasteiger partial charge in [0.25, 0.3) is 0 Å². The molecule has 1 heterocycles. The first-order valence-corrected chi connectivity index (χ1v) is 8.18. The van der Waals surface area contributed by atoms with Crippen LogP contribution in [0.15, 0.2) is 12.1 Å². The van der Waals surface area contributed by atoms with Crippen molar-refractivity contribution < 1.29 is 14.3 Å². The van der Waals surface area contributed by atoms with Crippen LogP contribution in [0.4, 0.5) is 0 Å². The molecule has 1 fully saturated rings. The molecule has 1 saturated carbocycles. The van der Waals surface area contributed by atoms with Crippen molar-refractivity contribution in [2.75, 3.05) is 14.2 Å². The zero-order chi connectivity index (χ0) is 15.7. The molecule has 0 radical (unpaired) electrons. The van der Waals surface area contributed by atoms with Gasteiger partial charge >= 0.3 is 0 Å². The Labute approximate surface area is 132 Å². The third-order valence-electron chi connectivity index (χ3n) is 5.08. The van der Waals surface area contributed by atoms with Gasteiger partial charge in [-0.05, 0) is 49.4 Å². The van der Waals surface area contributed by atoms with Crippen molar-refractivity contribution in [1.29, 1.82) is 0 Å². The molecule has 120 valence electrons. The number of methoxy groups -OCH3 is 2. The molecule has 4 nitrogen and oxygen atoms in total. The number of amides is 1. The Kier molecular flexibility index (Phi) is 4.27. The highest BCUT2D eigenvalue weighted by Gasteiger charge is 2.33. The Morgan fingerprint density at radius 3 is 2.27 bits per heavy atom. The van der Waals surface area contributed by atoms with Gasteiger partial charge in [-0.1, -0.05) is 12.8 Å². The van der Waals surface area contributed by atoms with E-state index in [2.05, 4.69) is 17.9 Å². The molecule has 1 aromatic carbocycles. The lowest BCUT2D eigenvalue weighted by Gasteiger charge is -2.37. The van der Waals surface area contributed by atoms with Gasteiger partial charge in [-0.3, -0.25) is 4.79 Å². The Morgan fingerprint density at radius 1 is 1.09 bits per heavy atom. The maximum Gasteiger partial charge on any atom is 0.226 e. The lowest BCUT2D eigenvalue weighted by molar-refractivity contribution is -0.138. The second-order valence-corrected chi connectivity index (χ2v) is 6.48. The van der Waals surface area contributed by atoms with Gasteiger partial charge in [0.2, 0.25) is 5.91 Å². The van der Waals surface area contributed by atoms with Crippen molar-refractivity contribution in [3.63, 3.8) is 0 Å². The van der Waals surface area contributed by atoms with Crippen LogP contribution in [0.1, 0.15) is 43.7 Å². The lowest BCUT2D eigenvalue weighted by Crippen LogP contribution is -2.45. The molecule has 3 rings (SSSR count). The van der Waals surface area contributed by atoms with E-state index in [0.29, 0.717) is 12.5 Å². The van der Waals surface area contributed by atoms with E-state index in [0.717, 1.165) is 30.8 Å². The van der Waals surface area contributed by atoms with E-state index in [1.54, 1.807) is 14.2 Å². The fraction of sp³-hybridized carbons (Fsp3) is 0.611. The fourth-order valence-corrected chi connectivity index (χ4v) is 3.77. The molecule has 0 aromatic heterocycles. The maximum absolute atomic E-state index is 12.8. The number of fused-ring (bicyclic) bond motifs is 1. The van der Waals surface area contributed by atoms with Gasteiger partial charge in [-0.15, -0.1) is 0 Å².